The maximum atomic E-state index is 9.82. The summed E-state index contributed by atoms with van der Waals surface area (Å²) in [4.78, 5) is 1.40. The maximum absolute atomic E-state index is 9.82. The van der Waals surface area contributed by atoms with Crippen LogP contribution in [0.25, 0.3) is 77.2 Å². The van der Waals surface area contributed by atoms with Gasteiger partial charge in [0, 0.05) is 17.1 Å². The monoisotopic (exact) mass is 733 g/mol. The van der Waals surface area contributed by atoms with Crippen LogP contribution in [0.3, 0.4) is 0 Å². The molecule has 0 heterocycles. The van der Waals surface area contributed by atoms with E-state index in [1.165, 1.54) is 4.90 Å². The lowest BCUT2D eigenvalue weighted by Crippen LogP contribution is -2.10. The van der Waals surface area contributed by atoms with Crippen molar-refractivity contribution in [3.8, 4) is 55.6 Å². The molecule has 0 unspecified atom stereocenters. The van der Waals surface area contributed by atoms with Crippen molar-refractivity contribution in [1.82, 2.24) is 0 Å². The largest absolute Gasteiger partial charge is 0.310 e. The first-order valence-electron chi connectivity index (χ1n) is 22.9. The van der Waals surface area contributed by atoms with Gasteiger partial charge in [-0.25, -0.2) is 0 Å². The van der Waals surface area contributed by atoms with Gasteiger partial charge in [-0.3, -0.25) is 0 Å². The molecule has 0 aliphatic carbocycles. The molecule has 0 saturated carbocycles. The van der Waals surface area contributed by atoms with Gasteiger partial charge in [-0.2, -0.15) is 0 Å². The molecule has 10 aromatic carbocycles. The standard InChI is InChI=1S/C56H39N/c1-3-12-40(13-4-1)42-22-24-43(25-23-42)44-28-33-51(34-29-44)57(53-20-11-19-49(39-53)50-27-26-41-14-7-8-18-48(41)38-50)52-35-30-47(31-36-52)56-54-21-10-9-17-46(54)32-37-55(56)45-15-5-2-6-16-45/h1-39H/i11D,19D,20D,28D,29D,33D,34D,39D. The zero-order valence-electron chi connectivity index (χ0n) is 38.8. The normalized spacial score (nSPS) is 13.1. The van der Waals surface area contributed by atoms with E-state index in [9.17, 15) is 8.22 Å². The molecule has 57 heavy (non-hydrogen) atoms. The molecule has 0 N–H and O–H groups in total. The summed E-state index contributed by atoms with van der Waals surface area (Å²) in [7, 11) is 0. The minimum absolute atomic E-state index is 0.111. The SMILES string of the molecule is [2H]c1c([2H])c(-c2ccc3ccccc3c2)c([2H])c(N(c2ccc(-c3c(-c4ccccc4)ccc4ccccc34)cc2)c2c([2H])c([2H])c(-c3ccc(-c4ccccc4)cc3)c([2H])c2[2H])c1[2H]. The van der Waals surface area contributed by atoms with Gasteiger partial charge in [-0.1, -0.05) is 194 Å². The molecule has 0 aliphatic heterocycles. The second kappa shape index (κ2) is 15.0. The minimum atomic E-state index is -0.452. The average Bonchev–Trinajstić information content (AvgIpc) is 3.35. The first-order chi connectivity index (χ1) is 31.6. The summed E-state index contributed by atoms with van der Waals surface area (Å²) in [6.07, 6.45) is 0. The molecule has 1 nitrogen and oxygen atoms in total. The Morgan fingerprint density at radius 2 is 0.877 bits per heavy atom. The van der Waals surface area contributed by atoms with Crippen LogP contribution < -0.4 is 4.90 Å². The summed E-state index contributed by atoms with van der Waals surface area (Å²) in [5.74, 6) is 0. The van der Waals surface area contributed by atoms with E-state index < -0.39 is 12.1 Å². The van der Waals surface area contributed by atoms with Crippen LogP contribution in [-0.4, -0.2) is 0 Å². The lowest BCUT2D eigenvalue weighted by Gasteiger charge is -2.27. The van der Waals surface area contributed by atoms with E-state index in [0.717, 1.165) is 54.9 Å². The van der Waals surface area contributed by atoms with Crippen molar-refractivity contribution < 1.29 is 11.0 Å². The molecule has 0 spiro atoms. The van der Waals surface area contributed by atoms with Gasteiger partial charge in [0.05, 0.1) is 11.0 Å². The average molecular weight is 734 g/mol. The van der Waals surface area contributed by atoms with Gasteiger partial charge in [0.15, 0.2) is 0 Å². The first kappa shape index (κ1) is 26.3. The fourth-order valence-corrected chi connectivity index (χ4v) is 7.54. The fourth-order valence-electron chi connectivity index (χ4n) is 7.54. The summed E-state index contributed by atoms with van der Waals surface area (Å²) in [5, 5.41) is 3.93. The van der Waals surface area contributed by atoms with Crippen molar-refractivity contribution in [2.75, 3.05) is 4.90 Å². The molecule has 1 heteroatoms. The van der Waals surface area contributed by atoms with E-state index in [-0.39, 0.29) is 58.8 Å². The van der Waals surface area contributed by atoms with Crippen molar-refractivity contribution >= 4 is 38.6 Å². The van der Waals surface area contributed by atoms with Gasteiger partial charge < -0.3 is 4.90 Å². The van der Waals surface area contributed by atoms with Gasteiger partial charge in [0.25, 0.3) is 0 Å². The van der Waals surface area contributed by atoms with Crippen LogP contribution in [0.5, 0.6) is 0 Å². The third kappa shape index (κ3) is 6.77. The second-order valence-corrected chi connectivity index (χ2v) is 13.9. The Kier molecular flexibility index (Phi) is 6.92. The number of anilines is 3. The predicted octanol–water partition coefficient (Wildman–Crippen LogP) is 15.8. The third-order valence-corrected chi connectivity index (χ3v) is 10.4. The highest BCUT2D eigenvalue weighted by atomic mass is 15.1. The molecule has 10 rings (SSSR count). The zero-order chi connectivity index (χ0) is 44.9. The molecule has 268 valence electrons. The van der Waals surface area contributed by atoms with Crippen LogP contribution in [-0.2, 0) is 0 Å². The minimum Gasteiger partial charge on any atom is -0.310 e. The molecule has 0 saturated heterocycles. The summed E-state index contributed by atoms with van der Waals surface area (Å²) in [6, 6.07) is 57.6. The quantitative estimate of drug-likeness (QED) is 0.150. The topological polar surface area (TPSA) is 3.24 Å². The van der Waals surface area contributed by atoms with E-state index >= 15 is 0 Å². The molecule has 0 aromatic heterocycles. The Labute approximate surface area is 345 Å². The molecule has 10 aromatic rings. The summed E-state index contributed by atoms with van der Waals surface area (Å²) < 4.78 is 75.6. The van der Waals surface area contributed by atoms with Crippen molar-refractivity contribution in [3.05, 3.63) is 236 Å². The van der Waals surface area contributed by atoms with Crippen LogP contribution in [0, 0.1) is 0 Å². The summed E-state index contributed by atoms with van der Waals surface area (Å²) >= 11 is 0. The van der Waals surface area contributed by atoms with E-state index in [2.05, 4.69) is 36.4 Å². The van der Waals surface area contributed by atoms with E-state index in [1.54, 1.807) is 30.3 Å². The van der Waals surface area contributed by atoms with Crippen molar-refractivity contribution in [3.63, 3.8) is 0 Å². The molecule has 0 fully saturated rings. The lowest BCUT2D eigenvalue weighted by atomic mass is 9.89. The molecular formula is C56H39N. The van der Waals surface area contributed by atoms with Crippen LogP contribution in [0.2, 0.25) is 0 Å². The van der Waals surface area contributed by atoms with Crippen LogP contribution in [0.1, 0.15) is 11.0 Å². The number of benzene rings is 10. The third-order valence-electron chi connectivity index (χ3n) is 10.4. The van der Waals surface area contributed by atoms with Crippen molar-refractivity contribution in [1.29, 1.82) is 0 Å². The number of fused-ring (bicyclic) bond motifs is 2. The van der Waals surface area contributed by atoms with Gasteiger partial charge in [0.1, 0.15) is 0 Å². The van der Waals surface area contributed by atoms with Gasteiger partial charge in [0.2, 0.25) is 0 Å². The maximum Gasteiger partial charge on any atom is 0.0651 e. The Balaban J connectivity index is 1.20. The number of rotatable bonds is 8. The van der Waals surface area contributed by atoms with Crippen LogP contribution in [0.15, 0.2) is 236 Å². The Morgan fingerprint density at radius 3 is 1.61 bits per heavy atom. The van der Waals surface area contributed by atoms with Gasteiger partial charge in [-0.15, -0.1) is 0 Å². The molecular weight excluding hydrogens is 687 g/mol. The predicted molar refractivity (Wildman–Crippen MR) is 243 cm³/mol. The van der Waals surface area contributed by atoms with Crippen molar-refractivity contribution in [2.45, 2.75) is 0 Å². The molecule has 0 bridgehead atoms. The fraction of sp³-hybridized carbons (Fsp3) is 0. The first-order valence-corrected chi connectivity index (χ1v) is 18.9. The number of hydrogen-bond acceptors (Lipinski definition) is 1. The number of nitrogens with zero attached hydrogens (tertiary/aromatic N) is 1. The summed E-state index contributed by atoms with van der Waals surface area (Å²) in [6.45, 7) is 0. The van der Waals surface area contributed by atoms with E-state index in [1.807, 2.05) is 121 Å². The second-order valence-electron chi connectivity index (χ2n) is 13.9. The molecule has 0 radical (unpaired) electrons. The highest BCUT2D eigenvalue weighted by Gasteiger charge is 2.17. The van der Waals surface area contributed by atoms with E-state index in [4.69, 9.17) is 2.74 Å². The molecule has 0 atom stereocenters. The van der Waals surface area contributed by atoms with E-state index in [0.29, 0.717) is 16.8 Å². The Morgan fingerprint density at radius 1 is 0.316 bits per heavy atom. The van der Waals surface area contributed by atoms with Gasteiger partial charge in [-0.05, 0) is 120 Å². The molecule has 0 amide bonds. The lowest BCUT2D eigenvalue weighted by molar-refractivity contribution is 1.28. The zero-order valence-corrected chi connectivity index (χ0v) is 30.8. The highest BCUT2D eigenvalue weighted by molar-refractivity contribution is 6.04. The smallest absolute Gasteiger partial charge is 0.0651 e. The van der Waals surface area contributed by atoms with Gasteiger partial charge >= 0.3 is 0 Å². The highest BCUT2D eigenvalue weighted by Crippen LogP contribution is 2.42. The number of hydrogen-bond donors (Lipinski definition) is 0. The molecule has 0 aliphatic rings. The van der Waals surface area contributed by atoms with Crippen LogP contribution >= 0.6 is 0 Å². The Hall–Kier alpha value is -7.48. The van der Waals surface area contributed by atoms with Crippen LogP contribution in [0.4, 0.5) is 17.1 Å². The van der Waals surface area contributed by atoms with Crippen molar-refractivity contribution in [2.24, 2.45) is 0 Å². The Bertz CT molecular complexity index is 3420. The summed E-state index contributed by atoms with van der Waals surface area (Å²) in [5.41, 5.74) is 7.11.